The SMILES string of the molecule is O=Cc1ccc(-c2ccc(CN3CCN(C4CCC4)CC3)nc2)cc1. The molecule has 130 valence electrons. The number of hydrogen-bond acceptors (Lipinski definition) is 4. The molecule has 2 heterocycles. The number of hydrogen-bond donors (Lipinski definition) is 0. The first-order valence-corrected chi connectivity index (χ1v) is 9.29. The van der Waals surface area contributed by atoms with Crippen LogP contribution in [0.25, 0.3) is 11.1 Å². The summed E-state index contributed by atoms with van der Waals surface area (Å²) in [5.74, 6) is 0. The van der Waals surface area contributed by atoms with Crippen LogP contribution in [0.1, 0.15) is 35.3 Å². The van der Waals surface area contributed by atoms with Crippen LogP contribution in [0.5, 0.6) is 0 Å². The van der Waals surface area contributed by atoms with Crippen molar-refractivity contribution in [3.05, 3.63) is 53.9 Å². The molecule has 1 aromatic heterocycles. The topological polar surface area (TPSA) is 36.4 Å². The highest BCUT2D eigenvalue weighted by molar-refractivity contribution is 5.76. The summed E-state index contributed by atoms with van der Waals surface area (Å²) in [4.78, 5) is 20.6. The van der Waals surface area contributed by atoms with Crippen molar-refractivity contribution >= 4 is 6.29 Å². The Hall–Kier alpha value is -2.04. The van der Waals surface area contributed by atoms with Crippen molar-refractivity contribution in [1.29, 1.82) is 0 Å². The highest BCUT2D eigenvalue weighted by atomic mass is 16.1. The average Bonchev–Trinajstić information content (AvgIpc) is 2.63. The van der Waals surface area contributed by atoms with Gasteiger partial charge in [-0.2, -0.15) is 0 Å². The van der Waals surface area contributed by atoms with E-state index in [0.29, 0.717) is 5.56 Å². The van der Waals surface area contributed by atoms with Crippen LogP contribution in [-0.2, 0) is 6.54 Å². The number of piperazine rings is 1. The molecule has 2 fully saturated rings. The van der Waals surface area contributed by atoms with Gasteiger partial charge in [0.05, 0.1) is 5.69 Å². The van der Waals surface area contributed by atoms with E-state index in [1.807, 2.05) is 30.5 Å². The molecule has 4 rings (SSSR count). The smallest absolute Gasteiger partial charge is 0.150 e. The summed E-state index contributed by atoms with van der Waals surface area (Å²) >= 11 is 0. The first-order valence-electron chi connectivity index (χ1n) is 9.29. The zero-order chi connectivity index (χ0) is 17.1. The number of pyridine rings is 1. The second kappa shape index (κ2) is 7.46. The molecule has 2 aliphatic rings. The number of benzene rings is 1. The van der Waals surface area contributed by atoms with Gasteiger partial charge in [-0.25, -0.2) is 0 Å². The number of rotatable bonds is 5. The lowest BCUT2D eigenvalue weighted by atomic mass is 9.91. The van der Waals surface area contributed by atoms with Gasteiger partial charge in [-0.3, -0.25) is 19.6 Å². The fraction of sp³-hybridized carbons (Fsp3) is 0.429. The number of aromatic nitrogens is 1. The normalized spacial score (nSPS) is 19.5. The minimum absolute atomic E-state index is 0.703. The third-order valence-corrected chi connectivity index (χ3v) is 5.59. The molecule has 0 spiro atoms. The van der Waals surface area contributed by atoms with Gasteiger partial charge in [0, 0.05) is 56.1 Å². The van der Waals surface area contributed by atoms with Crippen LogP contribution in [0.4, 0.5) is 0 Å². The van der Waals surface area contributed by atoms with Crippen LogP contribution >= 0.6 is 0 Å². The largest absolute Gasteiger partial charge is 0.298 e. The molecule has 0 amide bonds. The summed E-state index contributed by atoms with van der Waals surface area (Å²) < 4.78 is 0. The first kappa shape index (κ1) is 16.4. The quantitative estimate of drug-likeness (QED) is 0.786. The Balaban J connectivity index is 1.33. The van der Waals surface area contributed by atoms with Crippen molar-refractivity contribution in [3.63, 3.8) is 0 Å². The zero-order valence-corrected chi connectivity index (χ0v) is 14.6. The lowest BCUT2D eigenvalue weighted by Crippen LogP contribution is -2.51. The Morgan fingerprint density at radius 1 is 0.960 bits per heavy atom. The van der Waals surface area contributed by atoms with Crippen molar-refractivity contribution < 1.29 is 4.79 Å². The maximum absolute atomic E-state index is 10.7. The van der Waals surface area contributed by atoms with Gasteiger partial charge in [-0.1, -0.05) is 36.8 Å². The van der Waals surface area contributed by atoms with Gasteiger partial charge >= 0.3 is 0 Å². The van der Waals surface area contributed by atoms with Crippen molar-refractivity contribution in [3.8, 4) is 11.1 Å². The molecule has 2 aromatic rings. The lowest BCUT2D eigenvalue weighted by molar-refractivity contribution is 0.0583. The van der Waals surface area contributed by atoms with Crippen LogP contribution in [0.2, 0.25) is 0 Å². The van der Waals surface area contributed by atoms with Gasteiger partial charge < -0.3 is 0 Å². The number of carbonyl (C=O) groups excluding carboxylic acids is 1. The van der Waals surface area contributed by atoms with Crippen molar-refractivity contribution in [2.45, 2.75) is 31.8 Å². The number of carbonyl (C=O) groups is 1. The molecule has 1 saturated heterocycles. The number of aldehydes is 1. The van der Waals surface area contributed by atoms with Crippen molar-refractivity contribution in [2.24, 2.45) is 0 Å². The summed E-state index contributed by atoms with van der Waals surface area (Å²) in [7, 11) is 0. The van der Waals surface area contributed by atoms with Gasteiger partial charge in [0.2, 0.25) is 0 Å². The predicted octanol–water partition coefficient (Wildman–Crippen LogP) is 3.23. The molecule has 25 heavy (non-hydrogen) atoms. The van der Waals surface area contributed by atoms with Crippen molar-refractivity contribution in [2.75, 3.05) is 26.2 Å². The highest BCUT2D eigenvalue weighted by Crippen LogP contribution is 2.26. The molecule has 0 atom stereocenters. The fourth-order valence-corrected chi connectivity index (χ4v) is 3.71. The van der Waals surface area contributed by atoms with Crippen LogP contribution in [0, 0.1) is 0 Å². The van der Waals surface area contributed by atoms with E-state index in [-0.39, 0.29) is 0 Å². The maximum Gasteiger partial charge on any atom is 0.150 e. The second-order valence-electron chi connectivity index (χ2n) is 7.17. The Kier molecular flexibility index (Phi) is 4.90. The minimum Gasteiger partial charge on any atom is -0.298 e. The zero-order valence-electron chi connectivity index (χ0n) is 14.6. The molecule has 0 bridgehead atoms. The summed E-state index contributed by atoms with van der Waals surface area (Å²) in [5, 5.41) is 0. The second-order valence-corrected chi connectivity index (χ2v) is 7.17. The Labute approximate surface area is 149 Å². The third kappa shape index (κ3) is 3.80. The monoisotopic (exact) mass is 335 g/mol. The van der Waals surface area contributed by atoms with E-state index in [0.717, 1.165) is 48.8 Å². The third-order valence-electron chi connectivity index (χ3n) is 5.59. The molecule has 0 N–H and O–H groups in total. The Morgan fingerprint density at radius 2 is 1.68 bits per heavy atom. The van der Waals surface area contributed by atoms with Gasteiger partial charge in [0.25, 0.3) is 0 Å². The van der Waals surface area contributed by atoms with E-state index < -0.39 is 0 Å². The summed E-state index contributed by atoms with van der Waals surface area (Å²) in [6.45, 7) is 5.63. The van der Waals surface area contributed by atoms with E-state index in [2.05, 4.69) is 26.9 Å². The van der Waals surface area contributed by atoms with E-state index in [9.17, 15) is 4.79 Å². The van der Waals surface area contributed by atoms with Gasteiger partial charge in [-0.05, 0) is 24.5 Å². The van der Waals surface area contributed by atoms with Crippen LogP contribution in [0.3, 0.4) is 0 Å². The van der Waals surface area contributed by atoms with Crippen LogP contribution in [-0.4, -0.2) is 53.3 Å². The molecule has 1 aliphatic carbocycles. The fourth-order valence-electron chi connectivity index (χ4n) is 3.71. The maximum atomic E-state index is 10.7. The van der Waals surface area contributed by atoms with Crippen LogP contribution < -0.4 is 0 Å². The van der Waals surface area contributed by atoms with Crippen molar-refractivity contribution in [1.82, 2.24) is 14.8 Å². The van der Waals surface area contributed by atoms with Gasteiger partial charge in [0.15, 0.2) is 0 Å². The van der Waals surface area contributed by atoms with Crippen LogP contribution in [0.15, 0.2) is 42.6 Å². The molecule has 1 aliphatic heterocycles. The van der Waals surface area contributed by atoms with E-state index >= 15 is 0 Å². The summed E-state index contributed by atoms with van der Waals surface area (Å²) in [6.07, 6.45) is 7.03. The van der Waals surface area contributed by atoms with E-state index in [4.69, 9.17) is 0 Å². The number of nitrogens with zero attached hydrogens (tertiary/aromatic N) is 3. The molecule has 0 radical (unpaired) electrons. The highest BCUT2D eigenvalue weighted by Gasteiger charge is 2.27. The average molecular weight is 335 g/mol. The van der Waals surface area contributed by atoms with E-state index in [1.54, 1.807) is 0 Å². The minimum atomic E-state index is 0.703. The lowest BCUT2D eigenvalue weighted by Gasteiger charge is -2.42. The summed E-state index contributed by atoms with van der Waals surface area (Å²) in [5.41, 5.74) is 4.02. The van der Waals surface area contributed by atoms with Gasteiger partial charge in [0.1, 0.15) is 6.29 Å². The molecule has 1 saturated carbocycles. The predicted molar refractivity (Wildman–Crippen MR) is 99.5 cm³/mol. The first-order chi connectivity index (χ1) is 12.3. The molecular weight excluding hydrogens is 310 g/mol. The summed E-state index contributed by atoms with van der Waals surface area (Å²) in [6, 6.07) is 12.8. The Bertz CT molecular complexity index is 699. The standard InChI is InChI=1S/C21H25N3O/c25-16-17-4-6-18(7-5-17)19-8-9-20(22-14-19)15-23-10-12-24(13-11-23)21-2-1-3-21/h4-9,14,16,21H,1-3,10-13,15H2. The molecule has 1 aromatic carbocycles. The molecule has 0 unspecified atom stereocenters. The molecule has 4 nitrogen and oxygen atoms in total. The molecule has 4 heteroatoms. The van der Waals surface area contributed by atoms with Gasteiger partial charge in [-0.15, -0.1) is 0 Å². The Morgan fingerprint density at radius 3 is 2.24 bits per heavy atom. The van der Waals surface area contributed by atoms with E-state index in [1.165, 1.54) is 32.4 Å². The molecular formula is C21H25N3O.